The molecule has 4 atom stereocenters. The van der Waals surface area contributed by atoms with Crippen molar-refractivity contribution in [3.8, 4) is 5.75 Å². The molecule has 0 unspecified atom stereocenters. The molecule has 0 N–H and O–H groups in total. The number of halogens is 1. The minimum atomic E-state index is -0.864. The van der Waals surface area contributed by atoms with Crippen LogP contribution in [0.3, 0.4) is 0 Å². The van der Waals surface area contributed by atoms with E-state index in [1.165, 1.54) is 7.11 Å². The van der Waals surface area contributed by atoms with Crippen LogP contribution in [0.5, 0.6) is 5.75 Å². The molecule has 2 aliphatic rings. The number of pyridine rings is 1. The lowest BCUT2D eigenvalue weighted by Crippen LogP contribution is -2.27. The zero-order valence-corrected chi connectivity index (χ0v) is 17.7. The van der Waals surface area contributed by atoms with Crippen molar-refractivity contribution in [3.05, 3.63) is 68.0 Å². The molecule has 4 rings (SSSR count). The van der Waals surface area contributed by atoms with Gasteiger partial charge in [-0.05, 0) is 37.5 Å². The number of aromatic nitrogens is 1. The van der Waals surface area contributed by atoms with Gasteiger partial charge in [-0.1, -0.05) is 23.7 Å². The maximum Gasteiger partial charge on any atom is 0.314 e. The maximum absolute atomic E-state index is 12.9. The van der Waals surface area contributed by atoms with Crippen LogP contribution in [0.4, 0.5) is 0 Å². The van der Waals surface area contributed by atoms with Crippen LogP contribution in [0.1, 0.15) is 41.3 Å². The first-order valence-electron chi connectivity index (χ1n) is 9.78. The van der Waals surface area contributed by atoms with Gasteiger partial charge in [0, 0.05) is 29.5 Å². The van der Waals surface area contributed by atoms with Gasteiger partial charge in [-0.2, -0.15) is 0 Å². The number of hydrogen-bond acceptors (Lipinski definition) is 8. The average molecular weight is 449 g/mol. The number of esters is 1. The lowest BCUT2D eigenvalue weighted by molar-refractivity contribution is -0.770. The smallest absolute Gasteiger partial charge is 0.314 e. The molecule has 0 radical (unpaired) electrons. The number of carbonyl (C=O) groups is 1. The zero-order chi connectivity index (χ0) is 22.1. The molecule has 1 aromatic carbocycles. The molecule has 0 bridgehead atoms. The highest BCUT2D eigenvalue weighted by molar-refractivity contribution is 6.30. The van der Waals surface area contributed by atoms with Crippen LogP contribution in [0, 0.1) is 23.0 Å². The van der Waals surface area contributed by atoms with Gasteiger partial charge in [0.05, 0.1) is 24.3 Å². The van der Waals surface area contributed by atoms with E-state index in [9.17, 15) is 14.9 Å². The van der Waals surface area contributed by atoms with Crippen LogP contribution in [0.2, 0.25) is 5.02 Å². The summed E-state index contributed by atoms with van der Waals surface area (Å²) in [7, 11) is 1.43. The van der Waals surface area contributed by atoms with E-state index in [1.54, 1.807) is 25.3 Å². The maximum atomic E-state index is 12.9. The molecule has 10 heteroatoms. The summed E-state index contributed by atoms with van der Waals surface area (Å²) in [6.07, 6.45) is 0.450. The fourth-order valence-corrected chi connectivity index (χ4v) is 4.26. The van der Waals surface area contributed by atoms with Gasteiger partial charge in [0.2, 0.25) is 0 Å². The van der Waals surface area contributed by atoms with Gasteiger partial charge in [-0.15, -0.1) is 10.1 Å². The highest BCUT2D eigenvalue weighted by Crippen LogP contribution is 2.41. The van der Waals surface area contributed by atoms with E-state index < -0.39 is 29.2 Å². The number of benzene rings is 1. The third-order valence-electron chi connectivity index (χ3n) is 5.71. The first-order valence-corrected chi connectivity index (χ1v) is 10.2. The molecule has 2 heterocycles. The number of ether oxygens (including phenoxy) is 3. The quantitative estimate of drug-likeness (QED) is 0.374. The van der Waals surface area contributed by atoms with Crippen molar-refractivity contribution in [3.63, 3.8) is 0 Å². The van der Waals surface area contributed by atoms with Crippen LogP contribution in [0.15, 0.2) is 30.5 Å². The molecule has 1 aliphatic heterocycles. The van der Waals surface area contributed by atoms with E-state index in [0.717, 1.165) is 16.7 Å². The van der Waals surface area contributed by atoms with Crippen molar-refractivity contribution in [2.24, 2.45) is 5.92 Å². The van der Waals surface area contributed by atoms with Gasteiger partial charge in [0.15, 0.2) is 5.75 Å². The molecular formula is C21H21ClN2O7. The Morgan fingerprint density at radius 3 is 2.65 bits per heavy atom. The minimum absolute atomic E-state index is 0.143. The molecule has 9 nitrogen and oxygen atoms in total. The summed E-state index contributed by atoms with van der Waals surface area (Å²) in [5.41, 5.74) is 3.07. The van der Waals surface area contributed by atoms with Crippen molar-refractivity contribution in [1.29, 1.82) is 0 Å². The number of carbonyl (C=O) groups excluding carboxylic acids is 1. The third kappa shape index (κ3) is 4.34. The highest BCUT2D eigenvalue weighted by atomic mass is 35.5. The monoisotopic (exact) mass is 448 g/mol. The van der Waals surface area contributed by atoms with E-state index in [-0.39, 0.29) is 25.6 Å². The van der Waals surface area contributed by atoms with Crippen molar-refractivity contribution >= 4 is 17.6 Å². The molecule has 164 valence electrons. The standard InChI is InChI=1S/C21H21ClN2O7/c1-11-19(30-21(25)13-7-17(28-2)18(8-13)31-24(26)27)16-10-29-20(15(16)9-23-11)12-3-5-14(22)6-4-12/h3-6,9,13,17-18,20H,7-8,10H2,1-2H3/t13-,17+,18-,20+/m1/s1. The number of fused-ring (bicyclic) bond motifs is 1. The van der Waals surface area contributed by atoms with Gasteiger partial charge in [-0.3, -0.25) is 9.78 Å². The van der Waals surface area contributed by atoms with E-state index in [0.29, 0.717) is 16.5 Å². The molecule has 31 heavy (non-hydrogen) atoms. The number of methoxy groups -OCH3 is 1. The average Bonchev–Trinajstić information content (AvgIpc) is 3.34. The summed E-state index contributed by atoms with van der Waals surface area (Å²) < 4.78 is 16.9. The van der Waals surface area contributed by atoms with Crippen molar-refractivity contribution in [1.82, 2.24) is 4.98 Å². The van der Waals surface area contributed by atoms with E-state index in [1.807, 2.05) is 12.1 Å². The Morgan fingerprint density at radius 2 is 1.97 bits per heavy atom. The summed E-state index contributed by atoms with van der Waals surface area (Å²) in [5, 5.41) is 10.5. The fourth-order valence-electron chi connectivity index (χ4n) is 4.14. The second-order valence-corrected chi connectivity index (χ2v) is 8.02. The Bertz CT molecular complexity index is 998. The van der Waals surface area contributed by atoms with Gasteiger partial charge < -0.3 is 19.0 Å². The van der Waals surface area contributed by atoms with Crippen LogP contribution in [0.25, 0.3) is 0 Å². The summed E-state index contributed by atoms with van der Waals surface area (Å²) in [6.45, 7) is 2.02. The van der Waals surface area contributed by atoms with Crippen LogP contribution < -0.4 is 4.74 Å². The van der Waals surface area contributed by atoms with E-state index in [2.05, 4.69) is 9.82 Å². The molecule has 0 saturated heterocycles. The number of hydrogen-bond donors (Lipinski definition) is 0. The number of aryl methyl sites for hydroxylation is 1. The Morgan fingerprint density at radius 1 is 1.26 bits per heavy atom. The Hall–Kier alpha value is -2.75. The first-order chi connectivity index (χ1) is 14.9. The largest absolute Gasteiger partial charge is 0.424 e. The fraction of sp³-hybridized carbons (Fsp3) is 0.429. The molecule has 1 saturated carbocycles. The molecular weight excluding hydrogens is 428 g/mol. The second kappa shape index (κ2) is 8.78. The molecule has 0 spiro atoms. The van der Waals surface area contributed by atoms with Gasteiger partial charge in [0.25, 0.3) is 5.09 Å². The van der Waals surface area contributed by atoms with Gasteiger partial charge in [-0.25, -0.2) is 0 Å². The number of nitrogens with zero attached hydrogens (tertiary/aromatic N) is 2. The number of rotatable bonds is 6. The van der Waals surface area contributed by atoms with Crippen molar-refractivity contribution in [2.75, 3.05) is 7.11 Å². The van der Waals surface area contributed by atoms with Crippen molar-refractivity contribution in [2.45, 2.75) is 44.7 Å². The molecule has 0 amide bonds. The molecule has 1 fully saturated rings. The third-order valence-corrected chi connectivity index (χ3v) is 5.96. The van der Waals surface area contributed by atoms with Gasteiger partial charge in [0.1, 0.15) is 12.2 Å². The normalized spacial score (nSPS) is 24.6. The van der Waals surface area contributed by atoms with Crippen molar-refractivity contribution < 1.29 is 28.9 Å². The summed E-state index contributed by atoms with van der Waals surface area (Å²) in [5.74, 6) is -0.712. The lowest BCUT2D eigenvalue weighted by Gasteiger charge is -2.15. The van der Waals surface area contributed by atoms with E-state index in [4.69, 9.17) is 25.8 Å². The highest BCUT2D eigenvalue weighted by Gasteiger charge is 2.42. The molecule has 2 aromatic rings. The predicted molar refractivity (Wildman–Crippen MR) is 108 cm³/mol. The topological polar surface area (TPSA) is 110 Å². The van der Waals surface area contributed by atoms with E-state index >= 15 is 0 Å². The molecule has 1 aliphatic carbocycles. The minimum Gasteiger partial charge on any atom is -0.424 e. The zero-order valence-electron chi connectivity index (χ0n) is 16.9. The SMILES string of the molecule is CO[C@H]1C[C@@H](C(=O)Oc2c(C)ncc3c2CO[C@H]3c2ccc(Cl)cc2)C[C@H]1O[N+](=O)[O-]. The summed E-state index contributed by atoms with van der Waals surface area (Å²) >= 11 is 5.98. The van der Waals surface area contributed by atoms with Crippen LogP contribution in [-0.4, -0.2) is 35.4 Å². The van der Waals surface area contributed by atoms with Crippen LogP contribution >= 0.6 is 11.6 Å². The summed E-state index contributed by atoms with van der Waals surface area (Å²) in [4.78, 5) is 32.6. The predicted octanol–water partition coefficient (Wildman–Crippen LogP) is 3.57. The second-order valence-electron chi connectivity index (χ2n) is 7.58. The Kier molecular flexibility index (Phi) is 6.08. The Labute approximate surface area is 183 Å². The summed E-state index contributed by atoms with van der Waals surface area (Å²) in [6, 6.07) is 7.34. The first kappa shape index (κ1) is 21.5. The Balaban J connectivity index is 1.54. The lowest BCUT2D eigenvalue weighted by atomic mass is 10.00. The van der Waals surface area contributed by atoms with Crippen LogP contribution in [-0.2, 0) is 25.7 Å². The molecule has 1 aromatic heterocycles. The van der Waals surface area contributed by atoms with Gasteiger partial charge >= 0.3 is 5.97 Å².